The van der Waals surface area contributed by atoms with Gasteiger partial charge in [-0.3, -0.25) is 5.32 Å². The quantitative estimate of drug-likeness (QED) is 0.754. The summed E-state index contributed by atoms with van der Waals surface area (Å²) in [5, 5.41) is 2.95. The minimum absolute atomic E-state index is 0.209. The van der Waals surface area contributed by atoms with Crippen molar-refractivity contribution < 1.29 is 8.78 Å². The number of hydrogen-bond donors (Lipinski definition) is 1. The first kappa shape index (κ1) is 11.7. The van der Waals surface area contributed by atoms with E-state index in [9.17, 15) is 8.78 Å². The standard InChI is InChI=1S/C12H13F2N/c1-4-12(2,3)15-8-9-6-5-7-10(13)11(9)14/h1,5-7,15H,8H2,2-3H3. The van der Waals surface area contributed by atoms with Crippen LogP contribution in [0.5, 0.6) is 0 Å². The molecule has 1 aromatic carbocycles. The molecule has 15 heavy (non-hydrogen) atoms. The zero-order chi connectivity index (χ0) is 11.5. The van der Waals surface area contributed by atoms with Crippen LogP contribution in [0.25, 0.3) is 0 Å². The molecule has 0 saturated carbocycles. The smallest absolute Gasteiger partial charge is 0.163 e. The van der Waals surface area contributed by atoms with E-state index in [1.165, 1.54) is 12.1 Å². The highest BCUT2D eigenvalue weighted by molar-refractivity contribution is 5.20. The molecule has 1 rings (SSSR count). The van der Waals surface area contributed by atoms with Gasteiger partial charge in [-0.15, -0.1) is 6.42 Å². The normalized spacial score (nSPS) is 11.1. The fourth-order valence-corrected chi connectivity index (χ4v) is 1.05. The van der Waals surface area contributed by atoms with Gasteiger partial charge in [-0.2, -0.15) is 0 Å². The van der Waals surface area contributed by atoms with Crippen LogP contribution in [-0.4, -0.2) is 5.54 Å². The van der Waals surface area contributed by atoms with Crippen LogP contribution in [-0.2, 0) is 6.54 Å². The van der Waals surface area contributed by atoms with Crippen LogP contribution in [0.2, 0.25) is 0 Å². The van der Waals surface area contributed by atoms with E-state index >= 15 is 0 Å². The monoisotopic (exact) mass is 209 g/mol. The van der Waals surface area contributed by atoms with E-state index in [-0.39, 0.29) is 12.1 Å². The predicted molar refractivity (Wildman–Crippen MR) is 56.1 cm³/mol. The summed E-state index contributed by atoms with van der Waals surface area (Å²) in [4.78, 5) is 0. The van der Waals surface area contributed by atoms with E-state index < -0.39 is 17.2 Å². The highest BCUT2D eigenvalue weighted by Crippen LogP contribution is 2.12. The van der Waals surface area contributed by atoms with Crippen molar-refractivity contribution in [2.75, 3.05) is 0 Å². The molecule has 80 valence electrons. The summed E-state index contributed by atoms with van der Waals surface area (Å²) in [6.45, 7) is 3.80. The highest BCUT2D eigenvalue weighted by atomic mass is 19.2. The Kier molecular flexibility index (Phi) is 3.43. The number of terminal acetylenes is 1. The second kappa shape index (κ2) is 4.41. The Morgan fingerprint density at radius 3 is 2.67 bits per heavy atom. The molecule has 0 atom stereocenters. The summed E-state index contributed by atoms with van der Waals surface area (Å²) in [5.41, 5.74) is -0.253. The van der Waals surface area contributed by atoms with Crippen LogP contribution >= 0.6 is 0 Å². The van der Waals surface area contributed by atoms with Gasteiger partial charge in [-0.05, 0) is 19.9 Å². The molecule has 0 spiro atoms. The minimum atomic E-state index is -0.840. The van der Waals surface area contributed by atoms with Gasteiger partial charge in [0.15, 0.2) is 11.6 Å². The number of benzene rings is 1. The summed E-state index contributed by atoms with van der Waals surface area (Å²) in [7, 11) is 0. The Balaban J connectivity index is 2.75. The average Bonchev–Trinajstić information content (AvgIpc) is 2.20. The first-order valence-electron chi connectivity index (χ1n) is 4.62. The van der Waals surface area contributed by atoms with Crippen LogP contribution < -0.4 is 5.32 Å². The van der Waals surface area contributed by atoms with Crippen molar-refractivity contribution in [3.05, 3.63) is 35.4 Å². The largest absolute Gasteiger partial charge is 0.297 e. The molecule has 1 aromatic rings. The zero-order valence-electron chi connectivity index (χ0n) is 8.77. The summed E-state index contributed by atoms with van der Waals surface area (Å²) < 4.78 is 26.1. The number of halogens is 2. The van der Waals surface area contributed by atoms with E-state index in [1.54, 1.807) is 13.8 Å². The van der Waals surface area contributed by atoms with Crippen LogP contribution in [0.4, 0.5) is 8.78 Å². The SMILES string of the molecule is C#CC(C)(C)NCc1cccc(F)c1F. The van der Waals surface area contributed by atoms with Gasteiger partial charge in [0.2, 0.25) is 0 Å². The van der Waals surface area contributed by atoms with Gasteiger partial charge in [-0.1, -0.05) is 18.1 Å². The maximum absolute atomic E-state index is 13.2. The highest BCUT2D eigenvalue weighted by Gasteiger charge is 2.14. The summed E-state index contributed by atoms with van der Waals surface area (Å²) in [6.07, 6.45) is 5.26. The lowest BCUT2D eigenvalue weighted by molar-refractivity contribution is 0.460. The third kappa shape index (κ3) is 3.03. The van der Waals surface area contributed by atoms with Crippen molar-refractivity contribution in [1.29, 1.82) is 0 Å². The molecule has 0 amide bonds. The van der Waals surface area contributed by atoms with Gasteiger partial charge >= 0.3 is 0 Å². The fourth-order valence-electron chi connectivity index (χ4n) is 1.05. The average molecular weight is 209 g/mol. The molecule has 0 aliphatic carbocycles. The summed E-state index contributed by atoms with van der Waals surface area (Å²) in [6, 6.07) is 4.08. The predicted octanol–water partition coefficient (Wildman–Crippen LogP) is 2.47. The van der Waals surface area contributed by atoms with Crippen molar-refractivity contribution in [3.63, 3.8) is 0 Å². The van der Waals surface area contributed by atoms with Gasteiger partial charge in [0.05, 0.1) is 5.54 Å². The Morgan fingerprint density at radius 1 is 1.40 bits per heavy atom. The Bertz CT molecular complexity index is 391. The molecule has 3 heteroatoms. The van der Waals surface area contributed by atoms with E-state index in [0.717, 1.165) is 6.07 Å². The maximum atomic E-state index is 13.2. The van der Waals surface area contributed by atoms with Gasteiger partial charge in [-0.25, -0.2) is 8.78 Å². The topological polar surface area (TPSA) is 12.0 Å². The minimum Gasteiger partial charge on any atom is -0.297 e. The number of hydrogen-bond acceptors (Lipinski definition) is 1. The van der Waals surface area contributed by atoms with Gasteiger partial charge in [0.1, 0.15) is 0 Å². The Labute approximate surface area is 88.5 Å². The third-order valence-corrected chi connectivity index (χ3v) is 2.11. The van der Waals surface area contributed by atoms with Crippen LogP contribution in [0.15, 0.2) is 18.2 Å². The first-order chi connectivity index (χ1) is 6.96. The molecule has 0 radical (unpaired) electrons. The second-order valence-electron chi connectivity index (χ2n) is 3.84. The molecule has 0 fully saturated rings. The first-order valence-corrected chi connectivity index (χ1v) is 4.62. The molecule has 0 unspecified atom stereocenters. The molecular weight excluding hydrogens is 196 g/mol. The van der Waals surface area contributed by atoms with Crippen molar-refractivity contribution in [1.82, 2.24) is 5.32 Å². The lowest BCUT2D eigenvalue weighted by atomic mass is 10.1. The van der Waals surface area contributed by atoms with Crippen molar-refractivity contribution in [3.8, 4) is 12.3 Å². The molecule has 1 N–H and O–H groups in total. The fraction of sp³-hybridized carbons (Fsp3) is 0.333. The summed E-state index contributed by atoms with van der Waals surface area (Å²) >= 11 is 0. The van der Waals surface area contributed by atoms with Gasteiger partial charge in [0, 0.05) is 12.1 Å². The van der Waals surface area contributed by atoms with Gasteiger partial charge in [0.25, 0.3) is 0 Å². The Morgan fingerprint density at radius 2 is 2.07 bits per heavy atom. The molecule has 0 aromatic heterocycles. The molecule has 0 heterocycles. The molecule has 0 saturated heterocycles. The molecule has 1 nitrogen and oxygen atoms in total. The zero-order valence-corrected chi connectivity index (χ0v) is 8.77. The third-order valence-electron chi connectivity index (χ3n) is 2.11. The molecule has 0 bridgehead atoms. The molecule has 0 aliphatic rings. The lowest BCUT2D eigenvalue weighted by Crippen LogP contribution is -2.37. The van der Waals surface area contributed by atoms with Crippen LogP contribution in [0, 0.1) is 24.0 Å². The van der Waals surface area contributed by atoms with Crippen LogP contribution in [0.3, 0.4) is 0 Å². The number of nitrogens with one attached hydrogen (secondary N) is 1. The van der Waals surface area contributed by atoms with Crippen LogP contribution in [0.1, 0.15) is 19.4 Å². The Hall–Kier alpha value is -1.40. The number of rotatable bonds is 3. The van der Waals surface area contributed by atoms with Crippen molar-refractivity contribution >= 4 is 0 Å². The van der Waals surface area contributed by atoms with E-state index in [1.807, 2.05) is 0 Å². The van der Waals surface area contributed by atoms with Crippen molar-refractivity contribution in [2.45, 2.75) is 25.9 Å². The lowest BCUT2D eigenvalue weighted by Gasteiger charge is -2.19. The van der Waals surface area contributed by atoms with Crippen molar-refractivity contribution in [2.24, 2.45) is 0 Å². The van der Waals surface area contributed by atoms with E-state index in [2.05, 4.69) is 11.2 Å². The summed E-state index contributed by atoms with van der Waals surface area (Å²) in [5.74, 6) is 0.857. The molecular formula is C12H13F2N. The second-order valence-corrected chi connectivity index (χ2v) is 3.84. The maximum Gasteiger partial charge on any atom is 0.163 e. The van der Waals surface area contributed by atoms with E-state index in [0.29, 0.717) is 0 Å². The van der Waals surface area contributed by atoms with E-state index in [4.69, 9.17) is 6.42 Å². The molecule has 0 aliphatic heterocycles. The van der Waals surface area contributed by atoms with Gasteiger partial charge < -0.3 is 0 Å².